The lowest BCUT2D eigenvalue weighted by Gasteiger charge is -2.32. The molecule has 0 radical (unpaired) electrons. The molecule has 1 aliphatic carbocycles. The number of fused-ring (bicyclic) bond motifs is 2. The minimum atomic E-state index is -0.496. The maximum Gasteiger partial charge on any atom is 0.232 e. The number of hydrogen-bond acceptors (Lipinski definition) is 3. The molecule has 1 aliphatic heterocycles. The predicted molar refractivity (Wildman–Crippen MR) is 131 cm³/mol. The molecule has 1 atom stereocenters. The molecule has 1 aromatic heterocycles. The van der Waals surface area contributed by atoms with Crippen molar-refractivity contribution in [2.75, 3.05) is 19.7 Å². The second-order valence-electron chi connectivity index (χ2n) is 9.12. The number of pyridine rings is 1. The number of aryl methyl sites for hydroxylation is 3. The van der Waals surface area contributed by atoms with Gasteiger partial charge in [-0.1, -0.05) is 65.7 Å². The molecule has 1 amide bonds. The number of piperidine rings is 1. The van der Waals surface area contributed by atoms with Crippen LogP contribution >= 0.6 is 0 Å². The molecule has 4 heteroatoms. The van der Waals surface area contributed by atoms with E-state index in [1.165, 1.54) is 33.4 Å². The van der Waals surface area contributed by atoms with Gasteiger partial charge < -0.3 is 10.0 Å². The van der Waals surface area contributed by atoms with E-state index in [-0.39, 0.29) is 12.5 Å². The minimum Gasteiger partial charge on any atom is -0.395 e. The summed E-state index contributed by atoms with van der Waals surface area (Å²) in [5.41, 5.74) is 9.90. The van der Waals surface area contributed by atoms with E-state index in [0.29, 0.717) is 13.1 Å². The largest absolute Gasteiger partial charge is 0.395 e. The van der Waals surface area contributed by atoms with Crippen LogP contribution in [0.5, 0.6) is 0 Å². The van der Waals surface area contributed by atoms with Crippen molar-refractivity contribution in [2.45, 2.75) is 38.5 Å². The molecule has 1 unspecified atom stereocenters. The first kappa shape index (κ1) is 21.6. The fraction of sp³-hybridized carbons (Fsp3) is 0.310. The molecule has 0 spiro atoms. The molecule has 5 rings (SSSR count). The van der Waals surface area contributed by atoms with Gasteiger partial charge in [-0.25, -0.2) is 0 Å². The number of rotatable bonds is 3. The third kappa shape index (κ3) is 4.23. The van der Waals surface area contributed by atoms with Crippen LogP contribution in [-0.4, -0.2) is 40.6 Å². The lowest BCUT2D eigenvalue weighted by atomic mass is 9.87. The number of aromatic nitrogens is 1. The Labute approximate surface area is 195 Å². The minimum absolute atomic E-state index is 0.0168. The molecule has 1 saturated heterocycles. The lowest BCUT2D eigenvalue weighted by molar-refractivity contribution is -0.134. The van der Waals surface area contributed by atoms with Crippen LogP contribution in [0.2, 0.25) is 0 Å². The van der Waals surface area contributed by atoms with Crippen LogP contribution in [0.3, 0.4) is 0 Å². The van der Waals surface area contributed by atoms with E-state index >= 15 is 0 Å². The first-order chi connectivity index (χ1) is 16.2. The fourth-order valence-corrected chi connectivity index (χ4v) is 5.27. The molecule has 2 aromatic carbocycles. The van der Waals surface area contributed by atoms with Crippen LogP contribution in [0.25, 0.3) is 5.57 Å². The Balaban J connectivity index is 1.46. The highest BCUT2D eigenvalue weighted by molar-refractivity contribution is 5.86. The van der Waals surface area contributed by atoms with Crippen molar-refractivity contribution in [3.05, 3.63) is 106 Å². The summed E-state index contributed by atoms with van der Waals surface area (Å²) in [6, 6.07) is 20.6. The summed E-state index contributed by atoms with van der Waals surface area (Å²) in [5.74, 6) is -0.479. The number of aliphatic hydroxyl groups excluding tert-OH is 1. The monoisotopic (exact) mass is 438 g/mol. The quantitative estimate of drug-likeness (QED) is 0.646. The van der Waals surface area contributed by atoms with E-state index in [4.69, 9.17) is 4.98 Å². The molecule has 3 aromatic rings. The number of nitrogens with zero attached hydrogens (tertiary/aromatic N) is 2. The van der Waals surface area contributed by atoms with E-state index in [9.17, 15) is 9.90 Å². The molecule has 33 heavy (non-hydrogen) atoms. The van der Waals surface area contributed by atoms with E-state index in [2.05, 4.69) is 31.2 Å². The molecule has 0 bridgehead atoms. The van der Waals surface area contributed by atoms with Gasteiger partial charge in [-0.05, 0) is 60.9 Å². The number of hydrogen-bond donors (Lipinski definition) is 1. The van der Waals surface area contributed by atoms with E-state index in [1.54, 1.807) is 0 Å². The van der Waals surface area contributed by atoms with E-state index < -0.39 is 5.92 Å². The molecule has 4 nitrogen and oxygen atoms in total. The highest BCUT2D eigenvalue weighted by Gasteiger charge is 2.30. The van der Waals surface area contributed by atoms with Gasteiger partial charge in [-0.15, -0.1) is 0 Å². The summed E-state index contributed by atoms with van der Waals surface area (Å²) >= 11 is 0. The van der Waals surface area contributed by atoms with Crippen molar-refractivity contribution in [1.82, 2.24) is 9.88 Å². The Hall–Kier alpha value is -3.24. The maximum atomic E-state index is 13.2. The fourth-order valence-electron chi connectivity index (χ4n) is 5.27. The van der Waals surface area contributed by atoms with E-state index in [1.807, 2.05) is 47.5 Å². The molecule has 168 valence electrons. The number of aliphatic hydroxyl groups is 1. The van der Waals surface area contributed by atoms with Gasteiger partial charge in [0.25, 0.3) is 0 Å². The topological polar surface area (TPSA) is 53.4 Å². The summed E-state index contributed by atoms with van der Waals surface area (Å²) in [7, 11) is 0. The highest BCUT2D eigenvalue weighted by atomic mass is 16.3. The zero-order valence-corrected chi connectivity index (χ0v) is 19.1. The smallest absolute Gasteiger partial charge is 0.232 e. The molecule has 2 heterocycles. The molecule has 2 aliphatic rings. The Morgan fingerprint density at radius 2 is 1.73 bits per heavy atom. The Morgan fingerprint density at radius 3 is 2.48 bits per heavy atom. The molecule has 1 fully saturated rings. The average molecular weight is 439 g/mol. The normalized spacial score (nSPS) is 16.6. The average Bonchev–Trinajstić information content (AvgIpc) is 3.02. The number of carbonyl (C=O) groups is 1. The Bertz CT molecular complexity index is 1190. The maximum absolute atomic E-state index is 13.2. The Morgan fingerprint density at radius 1 is 0.970 bits per heavy atom. The van der Waals surface area contributed by atoms with Crippen molar-refractivity contribution in [1.29, 1.82) is 0 Å². The van der Waals surface area contributed by atoms with Crippen LogP contribution in [0.1, 0.15) is 52.3 Å². The number of carbonyl (C=O) groups excluding carboxylic acids is 1. The Kier molecular flexibility index (Phi) is 6.10. The molecular formula is C29H30N2O2. The SMILES string of the molecule is Cc1ccc2c(c1)CCc1cccnc1C2=C1CCN(C(=O)C(CO)c2ccccc2)CC1. The number of benzene rings is 2. The molecule has 0 saturated carbocycles. The number of amides is 1. The van der Waals surface area contributed by atoms with Gasteiger partial charge in [0.2, 0.25) is 5.91 Å². The summed E-state index contributed by atoms with van der Waals surface area (Å²) in [5, 5.41) is 9.94. The molecular weight excluding hydrogens is 408 g/mol. The lowest BCUT2D eigenvalue weighted by Crippen LogP contribution is -2.40. The zero-order valence-electron chi connectivity index (χ0n) is 19.1. The van der Waals surface area contributed by atoms with Gasteiger partial charge in [-0.3, -0.25) is 9.78 Å². The summed E-state index contributed by atoms with van der Waals surface area (Å²) in [4.78, 5) is 20.0. The van der Waals surface area contributed by atoms with Crippen molar-refractivity contribution >= 4 is 11.5 Å². The summed E-state index contributed by atoms with van der Waals surface area (Å²) < 4.78 is 0. The number of likely N-dealkylation sites (tertiary alicyclic amines) is 1. The van der Waals surface area contributed by atoms with Gasteiger partial charge in [0.15, 0.2) is 0 Å². The van der Waals surface area contributed by atoms with Crippen LogP contribution in [-0.2, 0) is 17.6 Å². The summed E-state index contributed by atoms with van der Waals surface area (Å²) in [6.45, 7) is 3.32. The second-order valence-corrected chi connectivity index (χ2v) is 9.12. The van der Waals surface area contributed by atoms with Gasteiger partial charge in [0, 0.05) is 24.9 Å². The first-order valence-electron chi connectivity index (χ1n) is 11.9. The van der Waals surface area contributed by atoms with Gasteiger partial charge in [0.05, 0.1) is 18.2 Å². The van der Waals surface area contributed by atoms with Crippen LogP contribution in [0.15, 0.2) is 72.4 Å². The van der Waals surface area contributed by atoms with Crippen LogP contribution in [0.4, 0.5) is 0 Å². The van der Waals surface area contributed by atoms with Crippen molar-refractivity contribution in [3.63, 3.8) is 0 Å². The van der Waals surface area contributed by atoms with Crippen molar-refractivity contribution in [2.24, 2.45) is 0 Å². The van der Waals surface area contributed by atoms with Gasteiger partial charge in [-0.2, -0.15) is 0 Å². The van der Waals surface area contributed by atoms with Crippen molar-refractivity contribution < 1.29 is 9.90 Å². The van der Waals surface area contributed by atoms with Gasteiger partial charge in [0.1, 0.15) is 0 Å². The molecule has 1 N–H and O–H groups in total. The van der Waals surface area contributed by atoms with Gasteiger partial charge >= 0.3 is 0 Å². The third-order valence-electron chi connectivity index (χ3n) is 7.04. The third-order valence-corrected chi connectivity index (χ3v) is 7.04. The van der Waals surface area contributed by atoms with Crippen molar-refractivity contribution in [3.8, 4) is 0 Å². The zero-order chi connectivity index (χ0) is 22.8. The van der Waals surface area contributed by atoms with Crippen LogP contribution < -0.4 is 0 Å². The predicted octanol–water partition coefficient (Wildman–Crippen LogP) is 4.69. The highest BCUT2D eigenvalue weighted by Crippen LogP contribution is 2.38. The second kappa shape index (κ2) is 9.32. The summed E-state index contributed by atoms with van der Waals surface area (Å²) in [6.07, 6.45) is 5.57. The first-order valence-corrected chi connectivity index (χ1v) is 11.9. The standard InChI is InChI=1S/C29H30N2O2/c1-20-9-12-25-24(18-20)11-10-23-8-5-15-30-28(23)27(25)22-13-16-31(17-14-22)29(33)26(19-32)21-6-3-2-4-7-21/h2-9,12,15,18,26,32H,10-11,13-14,16-17,19H2,1H3. The van der Waals surface area contributed by atoms with Crippen LogP contribution in [0, 0.1) is 6.92 Å². The van der Waals surface area contributed by atoms with E-state index in [0.717, 1.165) is 36.9 Å².